The normalized spacial score (nSPS) is 11.3. The van der Waals surface area contributed by atoms with Gasteiger partial charge in [0.15, 0.2) is 0 Å². The highest BCUT2D eigenvalue weighted by molar-refractivity contribution is 5.83. The average Bonchev–Trinajstić information content (AvgIpc) is 2.51. The first-order chi connectivity index (χ1) is 7.11. The van der Waals surface area contributed by atoms with Gasteiger partial charge in [0, 0.05) is 18.7 Å². The SMILES string of the molecule is CCOC(=O)/C=C(/C)Nc1noc(C)n1. The van der Waals surface area contributed by atoms with Crippen molar-refractivity contribution in [1.29, 1.82) is 0 Å². The Morgan fingerprint density at radius 1 is 1.67 bits per heavy atom. The quantitative estimate of drug-likeness (QED) is 0.596. The van der Waals surface area contributed by atoms with Gasteiger partial charge in [-0.05, 0) is 19.0 Å². The summed E-state index contributed by atoms with van der Waals surface area (Å²) < 4.78 is 9.49. The third kappa shape index (κ3) is 3.80. The molecule has 1 aromatic rings. The lowest BCUT2D eigenvalue weighted by molar-refractivity contribution is -0.137. The predicted molar refractivity (Wildman–Crippen MR) is 53.0 cm³/mol. The summed E-state index contributed by atoms with van der Waals surface area (Å²) in [6, 6.07) is 0. The van der Waals surface area contributed by atoms with E-state index in [1.165, 1.54) is 6.08 Å². The molecule has 1 N–H and O–H groups in total. The molecule has 1 aromatic heterocycles. The zero-order chi connectivity index (χ0) is 11.3. The highest BCUT2D eigenvalue weighted by Crippen LogP contribution is 2.04. The van der Waals surface area contributed by atoms with Gasteiger partial charge in [0.05, 0.1) is 6.61 Å². The molecule has 0 radical (unpaired) electrons. The van der Waals surface area contributed by atoms with Gasteiger partial charge >= 0.3 is 5.97 Å². The van der Waals surface area contributed by atoms with E-state index in [4.69, 9.17) is 9.26 Å². The Bertz CT molecular complexity index is 370. The first kappa shape index (κ1) is 11.2. The molecule has 0 unspecified atom stereocenters. The van der Waals surface area contributed by atoms with Crippen LogP contribution in [0.2, 0.25) is 0 Å². The Morgan fingerprint density at radius 2 is 2.40 bits per heavy atom. The molecule has 0 aliphatic heterocycles. The van der Waals surface area contributed by atoms with Gasteiger partial charge in [0.25, 0.3) is 5.95 Å². The lowest BCUT2D eigenvalue weighted by Crippen LogP contribution is -2.04. The molecule has 0 saturated heterocycles. The Labute approximate surface area is 87.3 Å². The summed E-state index contributed by atoms with van der Waals surface area (Å²) in [5.41, 5.74) is 0.592. The molecule has 6 heteroatoms. The lowest BCUT2D eigenvalue weighted by atomic mass is 10.4. The van der Waals surface area contributed by atoms with Crippen LogP contribution in [0.5, 0.6) is 0 Å². The Morgan fingerprint density at radius 3 is 2.93 bits per heavy atom. The second-order valence-corrected chi connectivity index (χ2v) is 2.84. The number of rotatable bonds is 4. The molecule has 82 valence electrons. The summed E-state index contributed by atoms with van der Waals surface area (Å²) in [6.07, 6.45) is 1.33. The summed E-state index contributed by atoms with van der Waals surface area (Å²) in [6.45, 7) is 5.49. The van der Waals surface area contributed by atoms with Gasteiger partial charge in [0.1, 0.15) is 0 Å². The van der Waals surface area contributed by atoms with Crippen LogP contribution in [0, 0.1) is 6.92 Å². The van der Waals surface area contributed by atoms with Crippen LogP contribution in [-0.4, -0.2) is 22.7 Å². The molecule has 0 aliphatic rings. The van der Waals surface area contributed by atoms with E-state index in [2.05, 4.69) is 15.5 Å². The summed E-state index contributed by atoms with van der Waals surface area (Å²) in [7, 11) is 0. The van der Waals surface area contributed by atoms with Crippen LogP contribution in [0.3, 0.4) is 0 Å². The van der Waals surface area contributed by atoms with E-state index in [-0.39, 0.29) is 0 Å². The molecule has 15 heavy (non-hydrogen) atoms. The number of hydrogen-bond acceptors (Lipinski definition) is 6. The second-order valence-electron chi connectivity index (χ2n) is 2.84. The van der Waals surface area contributed by atoms with Crippen LogP contribution < -0.4 is 5.32 Å². The van der Waals surface area contributed by atoms with Crippen molar-refractivity contribution >= 4 is 11.9 Å². The number of carbonyl (C=O) groups is 1. The summed E-state index contributed by atoms with van der Waals surface area (Å²) in [5, 5.41) is 6.42. The molecule has 0 spiro atoms. The predicted octanol–water partition coefficient (Wildman–Crippen LogP) is 1.26. The van der Waals surface area contributed by atoms with Crippen molar-refractivity contribution in [2.75, 3.05) is 11.9 Å². The fourth-order valence-corrected chi connectivity index (χ4v) is 0.923. The highest BCUT2D eigenvalue weighted by atomic mass is 16.5. The van der Waals surface area contributed by atoms with Crippen LogP contribution >= 0.6 is 0 Å². The number of nitrogens with one attached hydrogen (secondary N) is 1. The highest BCUT2D eigenvalue weighted by Gasteiger charge is 2.03. The third-order valence-corrected chi connectivity index (χ3v) is 1.46. The first-order valence-corrected chi connectivity index (χ1v) is 4.54. The second kappa shape index (κ2) is 5.14. The van der Waals surface area contributed by atoms with Gasteiger partial charge in [-0.1, -0.05) is 0 Å². The maximum atomic E-state index is 11.0. The fourth-order valence-electron chi connectivity index (χ4n) is 0.923. The number of esters is 1. The van der Waals surface area contributed by atoms with Crippen molar-refractivity contribution in [3.05, 3.63) is 17.7 Å². The number of ether oxygens (including phenoxy) is 1. The maximum Gasteiger partial charge on any atom is 0.332 e. The minimum Gasteiger partial charge on any atom is -0.463 e. The van der Waals surface area contributed by atoms with Crippen molar-refractivity contribution in [3.8, 4) is 0 Å². The Kier molecular flexibility index (Phi) is 3.84. The van der Waals surface area contributed by atoms with Crippen molar-refractivity contribution in [2.24, 2.45) is 0 Å². The van der Waals surface area contributed by atoms with E-state index in [1.807, 2.05) is 0 Å². The molecular weight excluding hydrogens is 198 g/mol. The van der Waals surface area contributed by atoms with E-state index in [1.54, 1.807) is 20.8 Å². The van der Waals surface area contributed by atoms with Gasteiger partial charge < -0.3 is 14.6 Å². The number of aryl methyl sites for hydroxylation is 1. The number of aromatic nitrogens is 2. The van der Waals surface area contributed by atoms with Crippen LogP contribution in [0.1, 0.15) is 19.7 Å². The number of hydrogen-bond donors (Lipinski definition) is 1. The molecule has 0 bridgehead atoms. The molecular formula is C9H13N3O3. The minimum atomic E-state index is -0.400. The average molecular weight is 211 g/mol. The van der Waals surface area contributed by atoms with Crippen LogP contribution in [-0.2, 0) is 9.53 Å². The number of nitrogens with zero attached hydrogens (tertiary/aromatic N) is 2. The van der Waals surface area contributed by atoms with Gasteiger partial charge in [-0.15, -0.1) is 0 Å². The van der Waals surface area contributed by atoms with Crippen LogP contribution in [0.25, 0.3) is 0 Å². The molecule has 1 heterocycles. The third-order valence-electron chi connectivity index (χ3n) is 1.46. The monoisotopic (exact) mass is 211 g/mol. The van der Waals surface area contributed by atoms with Crippen molar-refractivity contribution < 1.29 is 14.1 Å². The van der Waals surface area contributed by atoms with E-state index >= 15 is 0 Å². The minimum absolute atomic E-state index is 0.325. The summed E-state index contributed by atoms with van der Waals surface area (Å²) >= 11 is 0. The fraction of sp³-hybridized carbons (Fsp3) is 0.444. The Hall–Kier alpha value is -1.85. The molecule has 0 fully saturated rings. The number of allylic oxidation sites excluding steroid dienone is 1. The summed E-state index contributed by atoms with van der Waals surface area (Å²) in [5.74, 6) is 0.384. The molecule has 0 saturated carbocycles. The van der Waals surface area contributed by atoms with E-state index in [9.17, 15) is 4.79 Å². The van der Waals surface area contributed by atoms with Gasteiger partial charge in [-0.2, -0.15) is 4.98 Å². The zero-order valence-electron chi connectivity index (χ0n) is 8.90. The van der Waals surface area contributed by atoms with Gasteiger partial charge in [-0.3, -0.25) is 0 Å². The lowest BCUT2D eigenvalue weighted by Gasteiger charge is -2.00. The van der Waals surface area contributed by atoms with E-state index in [0.29, 0.717) is 24.1 Å². The Balaban J connectivity index is 2.55. The van der Waals surface area contributed by atoms with Crippen molar-refractivity contribution in [2.45, 2.75) is 20.8 Å². The van der Waals surface area contributed by atoms with Crippen molar-refractivity contribution in [3.63, 3.8) is 0 Å². The van der Waals surface area contributed by atoms with Crippen LogP contribution in [0.4, 0.5) is 5.95 Å². The topological polar surface area (TPSA) is 77.2 Å². The largest absolute Gasteiger partial charge is 0.463 e. The van der Waals surface area contributed by atoms with E-state index < -0.39 is 5.97 Å². The van der Waals surface area contributed by atoms with Crippen LogP contribution in [0.15, 0.2) is 16.3 Å². The molecule has 0 atom stereocenters. The number of carbonyl (C=O) groups excluding carboxylic acids is 1. The maximum absolute atomic E-state index is 11.0. The molecule has 0 amide bonds. The van der Waals surface area contributed by atoms with Gasteiger partial charge in [-0.25, -0.2) is 4.79 Å². The molecule has 1 rings (SSSR count). The molecule has 0 aromatic carbocycles. The standard InChI is InChI=1S/C9H13N3O3/c1-4-14-8(13)5-6(2)10-9-11-7(3)15-12-9/h5H,4H2,1-3H3,(H,10,12)/b6-5-. The summed E-state index contributed by atoms with van der Waals surface area (Å²) in [4.78, 5) is 15.0. The van der Waals surface area contributed by atoms with Crippen molar-refractivity contribution in [1.82, 2.24) is 10.1 Å². The zero-order valence-corrected chi connectivity index (χ0v) is 8.90. The number of anilines is 1. The smallest absolute Gasteiger partial charge is 0.332 e. The van der Waals surface area contributed by atoms with Gasteiger partial charge in [0.2, 0.25) is 5.89 Å². The molecule has 6 nitrogen and oxygen atoms in total. The molecule has 0 aliphatic carbocycles. The van der Waals surface area contributed by atoms with E-state index in [0.717, 1.165) is 0 Å². The first-order valence-electron chi connectivity index (χ1n) is 4.54.